The number of hydrogen-bond acceptors (Lipinski definition) is 3. The van der Waals surface area contributed by atoms with E-state index in [-0.39, 0.29) is 5.54 Å². The number of nitrogens with zero attached hydrogens (tertiary/aromatic N) is 1. The summed E-state index contributed by atoms with van der Waals surface area (Å²) in [5.41, 5.74) is 2.80. The zero-order valence-corrected chi connectivity index (χ0v) is 13.6. The van der Waals surface area contributed by atoms with Crippen LogP contribution in [0.2, 0.25) is 0 Å². The third kappa shape index (κ3) is 3.27. The molecule has 0 spiro atoms. The van der Waals surface area contributed by atoms with E-state index in [1.54, 1.807) is 11.1 Å². The number of nitrogens with one attached hydrogen (secondary N) is 1. The van der Waals surface area contributed by atoms with E-state index in [0.717, 1.165) is 25.8 Å². The van der Waals surface area contributed by atoms with Crippen LogP contribution in [0.3, 0.4) is 0 Å². The second kappa shape index (κ2) is 6.42. The number of rotatable bonds is 4. The summed E-state index contributed by atoms with van der Waals surface area (Å²) in [7, 11) is 0. The van der Waals surface area contributed by atoms with Crippen LogP contribution in [0.25, 0.3) is 0 Å². The molecule has 0 heterocycles. The van der Waals surface area contributed by atoms with E-state index in [9.17, 15) is 5.26 Å². The minimum absolute atomic E-state index is 0.290. The Labute approximate surface area is 132 Å². The summed E-state index contributed by atoms with van der Waals surface area (Å²) in [6.07, 6.45) is 8.16. The number of nitriles is 1. The van der Waals surface area contributed by atoms with Gasteiger partial charge in [0.1, 0.15) is 5.54 Å². The van der Waals surface area contributed by atoms with Crippen LogP contribution in [-0.2, 0) is 12.8 Å². The first-order valence-corrected chi connectivity index (χ1v) is 9.07. The van der Waals surface area contributed by atoms with Gasteiger partial charge in [-0.25, -0.2) is 0 Å². The number of aryl methyl sites for hydroxylation is 2. The number of fused-ring (bicyclic) bond motifs is 1. The van der Waals surface area contributed by atoms with Gasteiger partial charge in [0, 0.05) is 10.1 Å². The Morgan fingerprint density at radius 2 is 2.19 bits per heavy atom. The number of thioether (sulfide) groups is 1. The van der Waals surface area contributed by atoms with E-state index in [1.165, 1.54) is 30.6 Å². The van der Waals surface area contributed by atoms with Crippen molar-refractivity contribution in [2.24, 2.45) is 0 Å². The van der Waals surface area contributed by atoms with Gasteiger partial charge >= 0.3 is 0 Å². The monoisotopic (exact) mass is 300 g/mol. The van der Waals surface area contributed by atoms with Gasteiger partial charge in [-0.05, 0) is 74.8 Å². The lowest BCUT2D eigenvalue weighted by atomic mass is 9.82. The minimum atomic E-state index is -0.290. The molecule has 0 aromatic heterocycles. The van der Waals surface area contributed by atoms with Crippen molar-refractivity contribution in [1.29, 1.82) is 5.26 Å². The van der Waals surface area contributed by atoms with Crippen molar-refractivity contribution in [3.05, 3.63) is 29.3 Å². The number of hydrogen-bond donors (Lipinski definition) is 1. The molecular formula is C18H24N2S. The lowest BCUT2D eigenvalue weighted by Gasteiger charge is -2.36. The molecule has 1 saturated carbocycles. The Morgan fingerprint density at radius 3 is 3.00 bits per heavy atom. The summed E-state index contributed by atoms with van der Waals surface area (Å²) in [6, 6.07) is 9.54. The summed E-state index contributed by atoms with van der Waals surface area (Å²) in [5, 5.41) is 13.6. The summed E-state index contributed by atoms with van der Waals surface area (Å²) in [4.78, 5) is 1.39. The molecule has 0 amide bonds. The summed E-state index contributed by atoms with van der Waals surface area (Å²) in [6.45, 7) is 2.97. The molecular weight excluding hydrogens is 276 g/mol. The van der Waals surface area contributed by atoms with Crippen molar-refractivity contribution in [1.82, 2.24) is 5.32 Å². The molecule has 0 bridgehead atoms. The van der Waals surface area contributed by atoms with Crippen molar-refractivity contribution >= 4 is 11.8 Å². The Hall–Kier alpha value is -0.980. The largest absolute Gasteiger partial charge is 0.300 e. The molecule has 2 atom stereocenters. The average Bonchev–Trinajstić information content (AvgIpc) is 2.95. The first-order valence-electron chi connectivity index (χ1n) is 8.19. The van der Waals surface area contributed by atoms with Gasteiger partial charge in [0.2, 0.25) is 0 Å². The third-order valence-electron chi connectivity index (χ3n) is 4.81. The maximum Gasteiger partial charge on any atom is 0.107 e. The van der Waals surface area contributed by atoms with Crippen LogP contribution in [0.4, 0.5) is 0 Å². The highest BCUT2D eigenvalue weighted by molar-refractivity contribution is 8.00. The van der Waals surface area contributed by atoms with Crippen LogP contribution in [0.1, 0.15) is 50.2 Å². The molecule has 112 valence electrons. The molecule has 2 aliphatic carbocycles. The fraction of sp³-hybridized carbons (Fsp3) is 0.611. The molecule has 2 aliphatic rings. The van der Waals surface area contributed by atoms with Crippen LogP contribution in [0.15, 0.2) is 23.1 Å². The Balaban J connectivity index is 1.69. The molecule has 1 N–H and O–H groups in total. The van der Waals surface area contributed by atoms with Gasteiger partial charge in [0.15, 0.2) is 0 Å². The lowest BCUT2D eigenvalue weighted by Crippen LogP contribution is -2.48. The van der Waals surface area contributed by atoms with Crippen LogP contribution >= 0.6 is 11.8 Å². The van der Waals surface area contributed by atoms with Crippen LogP contribution in [0, 0.1) is 11.3 Å². The van der Waals surface area contributed by atoms with E-state index >= 15 is 0 Å². The molecule has 1 aromatic carbocycles. The normalized spacial score (nSPS) is 28.1. The predicted octanol–water partition coefficient (Wildman–Crippen LogP) is 4.08. The molecule has 3 rings (SSSR count). The molecule has 2 unspecified atom stereocenters. The van der Waals surface area contributed by atoms with Gasteiger partial charge in [-0.3, -0.25) is 5.32 Å². The zero-order valence-electron chi connectivity index (χ0n) is 12.8. The van der Waals surface area contributed by atoms with Gasteiger partial charge in [0.05, 0.1) is 6.07 Å². The standard InChI is InChI=1S/C18H24N2S/c1-2-20-18(13-19)10-4-7-17(12-18)21-16-9-8-14-5-3-6-15(14)11-16/h8-9,11,17,20H,2-7,10,12H2,1H3. The number of benzene rings is 1. The van der Waals surface area contributed by atoms with Gasteiger partial charge in [0.25, 0.3) is 0 Å². The van der Waals surface area contributed by atoms with E-state index in [4.69, 9.17) is 0 Å². The Bertz CT molecular complexity index is 545. The smallest absolute Gasteiger partial charge is 0.107 e. The quantitative estimate of drug-likeness (QED) is 0.910. The fourth-order valence-electron chi connectivity index (χ4n) is 3.78. The van der Waals surface area contributed by atoms with Crippen molar-refractivity contribution in [3.63, 3.8) is 0 Å². The SMILES string of the molecule is CCNC1(C#N)CCCC(Sc2ccc3c(c2)CCC3)C1. The van der Waals surface area contributed by atoms with E-state index in [0.29, 0.717) is 5.25 Å². The lowest BCUT2D eigenvalue weighted by molar-refractivity contribution is 0.309. The highest BCUT2D eigenvalue weighted by Crippen LogP contribution is 2.39. The van der Waals surface area contributed by atoms with Crippen molar-refractivity contribution in [2.75, 3.05) is 6.54 Å². The Kier molecular flexibility index (Phi) is 4.57. The first-order chi connectivity index (χ1) is 10.2. The van der Waals surface area contributed by atoms with Crippen molar-refractivity contribution < 1.29 is 0 Å². The second-order valence-electron chi connectivity index (χ2n) is 6.34. The molecule has 0 aliphatic heterocycles. The fourth-order valence-corrected chi connectivity index (χ4v) is 5.17. The molecule has 1 aromatic rings. The van der Waals surface area contributed by atoms with E-state index in [2.05, 4.69) is 36.5 Å². The topological polar surface area (TPSA) is 35.8 Å². The average molecular weight is 300 g/mol. The molecule has 1 fully saturated rings. The maximum atomic E-state index is 9.56. The van der Waals surface area contributed by atoms with Gasteiger partial charge in [-0.15, -0.1) is 11.8 Å². The molecule has 0 saturated heterocycles. The second-order valence-corrected chi connectivity index (χ2v) is 7.72. The van der Waals surface area contributed by atoms with Crippen LogP contribution < -0.4 is 5.32 Å². The third-order valence-corrected chi connectivity index (χ3v) is 6.07. The highest BCUT2D eigenvalue weighted by Gasteiger charge is 2.36. The molecule has 2 nitrogen and oxygen atoms in total. The minimum Gasteiger partial charge on any atom is -0.300 e. The molecule has 0 radical (unpaired) electrons. The maximum absolute atomic E-state index is 9.56. The van der Waals surface area contributed by atoms with Crippen molar-refractivity contribution in [3.8, 4) is 6.07 Å². The van der Waals surface area contributed by atoms with Gasteiger partial charge in [-0.2, -0.15) is 5.26 Å². The highest BCUT2D eigenvalue weighted by atomic mass is 32.2. The van der Waals surface area contributed by atoms with E-state index < -0.39 is 0 Å². The molecule has 21 heavy (non-hydrogen) atoms. The van der Waals surface area contributed by atoms with E-state index in [1.807, 2.05) is 11.8 Å². The molecule has 3 heteroatoms. The van der Waals surface area contributed by atoms with Gasteiger partial charge in [-0.1, -0.05) is 13.0 Å². The van der Waals surface area contributed by atoms with Crippen LogP contribution in [0.5, 0.6) is 0 Å². The first kappa shape index (κ1) is 14.9. The zero-order chi connectivity index (χ0) is 14.7. The van der Waals surface area contributed by atoms with Crippen LogP contribution in [-0.4, -0.2) is 17.3 Å². The summed E-state index contributed by atoms with van der Waals surface area (Å²) < 4.78 is 0. The van der Waals surface area contributed by atoms with Crippen molar-refractivity contribution in [2.45, 2.75) is 67.6 Å². The summed E-state index contributed by atoms with van der Waals surface area (Å²) in [5.74, 6) is 0. The Morgan fingerprint density at radius 1 is 1.33 bits per heavy atom. The predicted molar refractivity (Wildman–Crippen MR) is 88.6 cm³/mol. The summed E-state index contributed by atoms with van der Waals surface area (Å²) >= 11 is 1.98. The van der Waals surface area contributed by atoms with Gasteiger partial charge < -0.3 is 0 Å².